The van der Waals surface area contributed by atoms with Crippen molar-refractivity contribution in [3.63, 3.8) is 0 Å². The van der Waals surface area contributed by atoms with Gasteiger partial charge in [-0.05, 0) is 36.8 Å². The number of methoxy groups -OCH3 is 2. The van der Waals surface area contributed by atoms with E-state index in [1.165, 1.54) is 19.2 Å². The van der Waals surface area contributed by atoms with Crippen LogP contribution in [-0.4, -0.2) is 20.2 Å². The van der Waals surface area contributed by atoms with E-state index in [0.29, 0.717) is 22.6 Å². The molecule has 0 aromatic heterocycles. The molecule has 2 aromatic carbocycles. The number of carbonyl (C=O) groups excluding carboxylic acids is 1. The van der Waals surface area contributed by atoms with Gasteiger partial charge >= 0.3 is 5.97 Å². The number of rotatable bonds is 4. The summed E-state index contributed by atoms with van der Waals surface area (Å²) in [5.41, 5.74) is 1.72. The highest BCUT2D eigenvalue weighted by atomic mass is 16.6. The monoisotopic (exact) mass is 297 g/mol. The van der Waals surface area contributed by atoms with Crippen LogP contribution in [0.5, 0.6) is 17.2 Å². The van der Waals surface area contributed by atoms with Crippen LogP contribution in [0.15, 0.2) is 36.4 Å². The summed E-state index contributed by atoms with van der Waals surface area (Å²) in [6, 6.07) is 11.7. The van der Waals surface area contributed by atoms with Gasteiger partial charge in [-0.25, -0.2) is 4.79 Å². The Morgan fingerprint density at radius 1 is 1.00 bits per heavy atom. The van der Waals surface area contributed by atoms with E-state index in [4.69, 9.17) is 19.5 Å². The van der Waals surface area contributed by atoms with E-state index < -0.39 is 5.97 Å². The van der Waals surface area contributed by atoms with Gasteiger partial charge in [-0.2, -0.15) is 5.26 Å². The summed E-state index contributed by atoms with van der Waals surface area (Å²) in [4.78, 5) is 12.2. The molecule has 0 heterocycles. The Hall–Kier alpha value is -3.00. The predicted molar refractivity (Wildman–Crippen MR) is 80.4 cm³/mol. The molecular formula is C17H15NO4. The van der Waals surface area contributed by atoms with Crippen LogP contribution in [0.2, 0.25) is 0 Å². The number of nitrogens with zero attached hydrogens (tertiary/aromatic N) is 1. The van der Waals surface area contributed by atoms with E-state index in [2.05, 4.69) is 0 Å². The van der Waals surface area contributed by atoms with Crippen LogP contribution in [-0.2, 0) is 0 Å². The Morgan fingerprint density at radius 2 is 1.73 bits per heavy atom. The molecule has 0 aliphatic heterocycles. The largest absolute Gasteiger partial charge is 0.496 e. The first-order valence-electron chi connectivity index (χ1n) is 6.54. The quantitative estimate of drug-likeness (QED) is 0.640. The molecule has 0 saturated heterocycles. The van der Waals surface area contributed by atoms with Crippen molar-refractivity contribution in [3.8, 4) is 23.3 Å². The number of hydrogen-bond donors (Lipinski definition) is 0. The Labute approximate surface area is 128 Å². The number of hydrogen-bond acceptors (Lipinski definition) is 5. The molecule has 5 nitrogen and oxygen atoms in total. The lowest BCUT2D eigenvalue weighted by molar-refractivity contribution is 0.0729. The van der Waals surface area contributed by atoms with Gasteiger partial charge < -0.3 is 14.2 Å². The fraction of sp³-hybridized carbons (Fsp3) is 0.176. The lowest BCUT2D eigenvalue weighted by atomic mass is 10.1. The predicted octanol–water partition coefficient (Wildman–Crippen LogP) is 3.10. The highest BCUT2D eigenvalue weighted by molar-refractivity contribution is 5.92. The number of carbonyl (C=O) groups is 1. The van der Waals surface area contributed by atoms with E-state index >= 15 is 0 Å². The van der Waals surface area contributed by atoms with Gasteiger partial charge in [-0.1, -0.05) is 6.07 Å². The Kier molecular flexibility index (Phi) is 4.64. The first kappa shape index (κ1) is 15.4. The molecule has 0 aliphatic carbocycles. The lowest BCUT2D eigenvalue weighted by Crippen LogP contribution is -2.09. The molecule has 22 heavy (non-hydrogen) atoms. The van der Waals surface area contributed by atoms with Crippen LogP contribution < -0.4 is 14.2 Å². The number of ether oxygens (including phenoxy) is 3. The standard InChI is InChI=1S/C17H15NO4/c1-11-4-6-13(9-15(11)20-2)17(19)22-14-7-5-12(10-18)8-16(14)21-3/h4-9H,1-3H3. The second-order valence-corrected chi connectivity index (χ2v) is 4.55. The van der Waals surface area contributed by atoms with Crippen molar-refractivity contribution < 1.29 is 19.0 Å². The zero-order valence-electron chi connectivity index (χ0n) is 12.5. The average molecular weight is 297 g/mol. The van der Waals surface area contributed by atoms with Crippen LogP contribution >= 0.6 is 0 Å². The van der Waals surface area contributed by atoms with Crippen LogP contribution in [0.1, 0.15) is 21.5 Å². The van der Waals surface area contributed by atoms with E-state index in [-0.39, 0.29) is 5.75 Å². The van der Waals surface area contributed by atoms with Crippen molar-refractivity contribution in [3.05, 3.63) is 53.1 Å². The number of aryl methyl sites for hydroxylation is 1. The minimum absolute atomic E-state index is 0.256. The van der Waals surface area contributed by atoms with Crippen molar-refractivity contribution in [1.29, 1.82) is 5.26 Å². The molecule has 0 N–H and O–H groups in total. The SMILES string of the molecule is COc1cc(C(=O)Oc2ccc(C#N)cc2OC)ccc1C. The van der Waals surface area contributed by atoms with Crippen LogP contribution in [0.3, 0.4) is 0 Å². The minimum atomic E-state index is -0.527. The fourth-order valence-electron chi connectivity index (χ4n) is 1.93. The van der Waals surface area contributed by atoms with Crippen molar-refractivity contribution in [2.24, 2.45) is 0 Å². The summed E-state index contributed by atoms with van der Waals surface area (Å²) in [5, 5.41) is 8.86. The molecule has 0 aliphatic rings. The topological polar surface area (TPSA) is 68.5 Å². The molecule has 0 radical (unpaired) electrons. The third-order valence-electron chi connectivity index (χ3n) is 3.14. The van der Waals surface area contributed by atoms with Crippen molar-refractivity contribution in [2.75, 3.05) is 14.2 Å². The third kappa shape index (κ3) is 3.18. The summed E-state index contributed by atoms with van der Waals surface area (Å²) in [6.07, 6.45) is 0. The molecule has 0 fully saturated rings. The maximum absolute atomic E-state index is 12.2. The molecule has 0 unspecified atom stereocenters. The molecule has 0 saturated carbocycles. The Balaban J connectivity index is 2.27. The summed E-state index contributed by atoms with van der Waals surface area (Å²) in [6.45, 7) is 1.89. The zero-order valence-corrected chi connectivity index (χ0v) is 12.5. The zero-order chi connectivity index (χ0) is 16.1. The maximum Gasteiger partial charge on any atom is 0.343 e. The summed E-state index contributed by atoms with van der Waals surface area (Å²) in [7, 11) is 2.99. The lowest BCUT2D eigenvalue weighted by Gasteiger charge is -2.10. The van der Waals surface area contributed by atoms with E-state index in [1.54, 1.807) is 31.4 Å². The van der Waals surface area contributed by atoms with Gasteiger partial charge in [0.1, 0.15) is 5.75 Å². The molecule has 0 bridgehead atoms. The number of nitriles is 1. The second kappa shape index (κ2) is 6.64. The molecular weight excluding hydrogens is 282 g/mol. The Morgan fingerprint density at radius 3 is 2.36 bits per heavy atom. The van der Waals surface area contributed by atoms with Crippen molar-refractivity contribution in [2.45, 2.75) is 6.92 Å². The molecule has 0 atom stereocenters. The van der Waals surface area contributed by atoms with Gasteiger partial charge in [-0.15, -0.1) is 0 Å². The molecule has 0 amide bonds. The number of esters is 1. The van der Waals surface area contributed by atoms with Crippen LogP contribution in [0, 0.1) is 18.3 Å². The minimum Gasteiger partial charge on any atom is -0.496 e. The van der Waals surface area contributed by atoms with Crippen LogP contribution in [0.25, 0.3) is 0 Å². The highest BCUT2D eigenvalue weighted by Gasteiger charge is 2.14. The van der Waals surface area contributed by atoms with E-state index in [0.717, 1.165) is 5.56 Å². The molecule has 112 valence electrons. The van der Waals surface area contributed by atoms with E-state index in [1.807, 2.05) is 13.0 Å². The number of benzene rings is 2. The molecule has 2 rings (SSSR count). The van der Waals surface area contributed by atoms with E-state index in [9.17, 15) is 4.79 Å². The average Bonchev–Trinajstić information content (AvgIpc) is 2.55. The van der Waals surface area contributed by atoms with Gasteiger partial charge in [0.2, 0.25) is 0 Å². The second-order valence-electron chi connectivity index (χ2n) is 4.55. The van der Waals surface area contributed by atoms with Crippen LogP contribution in [0.4, 0.5) is 0 Å². The molecule has 5 heteroatoms. The van der Waals surface area contributed by atoms with Crippen molar-refractivity contribution >= 4 is 5.97 Å². The first-order chi connectivity index (χ1) is 10.6. The van der Waals surface area contributed by atoms with Crippen molar-refractivity contribution in [1.82, 2.24) is 0 Å². The van der Waals surface area contributed by atoms with Gasteiger partial charge in [-0.3, -0.25) is 0 Å². The highest BCUT2D eigenvalue weighted by Crippen LogP contribution is 2.29. The summed E-state index contributed by atoms with van der Waals surface area (Å²) >= 11 is 0. The summed E-state index contributed by atoms with van der Waals surface area (Å²) in [5.74, 6) is 0.667. The maximum atomic E-state index is 12.2. The normalized spacial score (nSPS) is 9.73. The molecule has 2 aromatic rings. The molecule has 0 spiro atoms. The van der Waals surface area contributed by atoms with Gasteiger partial charge in [0.25, 0.3) is 0 Å². The Bertz CT molecular complexity index is 747. The van der Waals surface area contributed by atoms with Gasteiger partial charge in [0.05, 0.1) is 31.4 Å². The first-order valence-corrected chi connectivity index (χ1v) is 6.54. The summed E-state index contributed by atoms with van der Waals surface area (Å²) < 4.78 is 15.7. The smallest absolute Gasteiger partial charge is 0.343 e. The third-order valence-corrected chi connectivity index (χ3v) is 3.14. The fourth-order valence-corrected chi connectivity index (χ4v) is 1.93. The van der Waals surface area contributed by atoms with Gasteiger partial charge in [0.15, 0.2) is 11.5 Å². The van der Waals surface area contributed by atoms with Gasteiger partial charge in [0, 0.05) is 6.07 Å².